The van der Waals surface area contributed by atoms with Crippen LogP contribution in [0.4, 0.5) is 0 Å². The monoisotopic (exact) mass is 505 g/mol. The largest absolute Gasteiger partial charge is 0.497 e. The van der Waals surface area contributed by atoms with E-state index >= 15 is 0 Å². The Bertz CT molecular complexity index is 1210. The lowest BCUT2D eigenvalue weighted by Gasteiger charge is -2.35. The second-order valence-corrected chi connectivity index (χ2v) is 10.1. The van der Waals surface area contributed by atoms with Gasteiger partial charge in [-0.1, -0.05) is 12.1 Å². The molecule has 1 fully saturated rings. The number of rotatable bonds is 10. The van der Waals surface area contributed by atoms with E-state index in [1.807, 2.05) is 0 Å². The van der Waals surface area contributed by atoms with Gasteiger partial charge in [0, 0.05) is 13.1 Å². The summed E-state index contributed by atoms with van der Waals surface area (Å²) in [5.74, 6) is -1.14. The summed E-state index contributed by atoms with van der Waals surface area (Å²) in [6, 6.07) is 7.73. The number of likely N-dealkylation sites (tertiary alicyclic amines) is 1. The minimum absolute atomic E-state index is 0.00869. The molecule has 35 heavy (non-hydrogen) atoms. The number of methoxy groups -OCH3 is 1. The number of ether oxygens (including phenoxy) is 1. The van der Waals surface area contributed by atoms with Crippen LogP contribution >= 0.6 is 0 Å². The first-order valence-corrected chi connectivity index (χ1v) is 12.8. The number of benzene rings is 2. The van der Waals surface area contributed by atoms with Crippen LogP contribution in [-0.2, 0) is 19.6 Å². The summed E-state index contributed by atoms with van der Waals surface area (Å²) < 4.78 is 34.2. The Kier molecular flexibility index (Phi) is 8.52. The molecule has 190 valence electrons. The van der Waals surface area contributed by atoms with E-state index < -0.39 is 34.0 Å². The Hall–Kier alpha value is -3.38. The third-order valence-corrected chi connectivity index (χ3v) is 7.41. The van der Waals surface area contributed by atoms with Crippen LogP contribution in [0.1, 0.15) is 32.1 Å². The Labute approximate surface area is 204 Å². The van der Waals surface area contributed by atoms with Gasteiger partial charge in [0.1, 0.15) is 17.8 Å². The van der Waals surface area contributed by atoms with E-state index in [0.717, 1.165) is 5.39 Å². The van der Waals surface area contributed by atoms with Crippen molar-refractivity contribution < 1.29 is 27.9 Å². The number of carboxylic acid groups (broad SMARTS) is 1. The highest BCUT2D eigenvalue weighted by molar-refractivity contribution is 7.89. The van der Waals surface area contributed by atoms with Crippen molar-refractivity contribution in [1.29, 1.82) is 0 Å². The van der Waals surface area contributed by atoms with Crippen molar-refractivity contribution >= 4 is 38.6 Å². The maximum atomic E-state index is 13.4. The van der Waals surface area contributed by atoms with Gasteiger partial charge in [-0.25, -0.2) is 13.2 Å². The van der Waals surface area contributed by atoms with E-state index in [-0.39, 0.29) is 30.4 Å². The summed E-state index contributed by atoms with van der Waals surface area (Å²) in [5.41, 5.74) is 10.7. The van der Waals surface area contributed by atoms with Crippen molar-refractivity contribution in [3.63, 3.8) is 0 Å². The second-order valence-electron chi connectivity index (χ2n) is 8.38. The molecule has 2 aromatic rings. The lowest BCUT2D eigenvalue weighted by molar-refractivity contribution is -0.152. The smallest absolute Gasteiger partial charge is 0.326 e. The first-order valence-electron chi connectivity index (χ1n) is 11.3. The first kappa shape index (κ1) is 26.2. The molecule has 1 unspecified atom stereocenters. The predicted octanol–water partition coefficient (Wildman–Crippen LogP) is 1.01. The second kappa shape index (κ2) is 11.4. The fraction of sp³-hybridized carbons (Fsp3) is 0.435. The zero-order chi connectivity index (χ0) is 25.6. The van der Waals surface area contributed by atoms with Gasteiger partial charge < -0.3 is 26.2 Å². The topological polar surface area (TPSA) is 177 Å². The number of nitrogens with one attached hydrogen (secondary N) is 1. The Balaban J connectivity index is 1.87. The molecular formula is C23H31N5O6S. The highest BCUT2D eigenvalue weighted by Gasteiger charge is 2.37. The standard InChI is InChI=1S/C23H31N5O6S/c1-34-17-9-7-16-14-18(10-8-15(16)13-17)35(32,33)27-19(5-4-11-26-23(24)25)21(29)28-12-3-2-6-20(28)22(30)31/h7-10,13-14,19-20,27H,2-6,11-12H2,1H3,(H,30,31)(H4,24,25,26)/t19-,20?/m0/s1. The van der Waals surface area contributed by atoms with Gasteiger partial charge in [0.05, 0.1) is 12.0 Å². The number of nitrogens with zero attached hydrogens (tertiary/aromatic N) is 2. The molecule has 1 aliphatic heterocycles. The first-order chi connectivity index (χ1) is 16.6. The molecule has 1 heterocycles. The average molecular weight is 506 g/mol. The molecule has 6 N–H and O–H groups in total. The van der Waals surface area contributed by atoms with Crippen molar-refractivity contribution in [1.82, 2.24) is 9.62 Å². The minimum atomic E-state index is -4.10. The zero-order valence-electron chi connectivity index (χ0n) is 19.5. The molecule has 0 saturated carbocycles. The molecule has 1 aliphatic rings. The van der Waals surface area contributed by atoms with Crippen LogP contribution in [0.5, 0.6) is 5.75 Å². The maximum absolute atomic E-state index is 13.4. The van der Waals surface area contributed by atoms with E-state index in [1.54, 1.807) is 31.4 Å². The molecule has 12 heteroatoms. The van der Waals surface area contributed by atoms with Crippen molar-refractivity contribution in [2.24, 2.45) is 16.5 Å². The molecule has 11 nitrogen and oxygen atoms in total. The summed E-state index contributed by atoms with van der Waals surface area (Å²) >= 11 is 0. The molecule has 1 saturated heterocycles. The molecule has 2 atom stereocenters. The molecule has 0 aliphatic carbocycles. The number of fused-ring (bicyclic) bond motifs is 1. The van der Waals surface area contributed by atoms with Gasteiger partial charge in [0.2, 0.25) is 15.9 Å². The Morgan fingerprint density at radius 2 is 1.91 bits per heavy atom. The van der Waals surface area contributed by atoms with Crippen LogP contribution in [-0.4, -0.2) is 68.5 Å². The van der Waals surface area contributed by atoms with Crippen LogP contribution in [0.25, 0.3) is 10.8 Å². The number of guanidine groups is 1. The number of carbonyl (C=O) groups is 2. The number of sulfonamides is 1. The van der Waals surface area contributed by atoms with Crippen LogP contribution in [0, 0.1) is 0 Å². The average Bonchev–Trinajstić information content (AvgIpc) is 2.84. The SMILES string of the molecule is COc1ccc2cc(S(=O)(=O)N[C@@H](CCCN=C(N)N)C(=O)N3CCCCC3C(=O)O)ccc2c1. The summed E-state index contributed by atoms with van der Waals surface area (Å²) in [5, 5.41) is 11.1. The van der Waals surface area contributed by atoms with Crippen molar-refractivity contribution in [2.75, 3.05) is 20.2 Å². The van der Waals surface area contributed by atoms with E-state index in [4.69, 9.17) is 16.2 Å². The highest BCUT2D eigenvalue weighted by atomic mass is 32.2. The number of amides is 1. The predicted molar refractivity (Wildman–Crippen MR) is 132 cm³/mol. The van der Waals surface area contributed by atoms with Gasteiger partial charge in [0.15, 0.2) is 5.96 Å². The molecule has 0 bridgehead atoms. The number of nitrogens with two attached hydrogens (primary N) is 2. The number of hydrogen-bond acceptors (Lipinski definition) is 6. The van der Waals surface area contributed by atoms with Crippen molar-refractivity contribution in [3.8, 4) is 5.75 Å². The van der Waals surface area contributed by atoms with Crippen LogP contribution in [0.2, 0.25) is 0 Å². The maximum Gasteiger partial charge on any atom is 0.326 e. The van der Waals surface area contributed by atoms with Crippen LogP contribution in [0.3, 0.4) is 0 Å². The fourth-order valence-corrected chi connectivity index (χ4v) is 5.40. The number of piperidine rings is 1. The van der Waals surface area contributed by atoms with Gasteiger partial charge in [-0.15, -0.1) is 0 Å². The molecule has 0 radical (unpaired) electrons. The van der Waals surface area contributed by atoms with Crippen molar-refractivity contribution in [2.45, 2.75) is 49.1 Å². The molecule has 0 spiro atoms. The Morgan fingerprint density at radius 1 is 1.20 bits per heavy atom. The molecule has 0 aromatic heterocycles. The van der Waals surface area contributed by atoms with Gasteiger partial charge in [0.25, 0.3) is 0 Å². The molecule has 3 rings (SSSR count). The van der Waals surface area contributed by atoms with E-state index in [9.17, 15) is 23.1 Å². The van der Waals surface area contributed by atoms with E-state index in [0.29, 0.717) is 36.8 Å². The third kappa shape index (κ3) is 6.61. The quantitative estimate of drug-likeness (QED) is 0.210. The number of hydrogen-bond donors (Lipinski definition) is 4. The van der Waals surface area contributed by atoms with Gasteiger partial charge in [-0.3, -0.25) is 9.79 Å². The number of aliphatic carboxylic acids is 1. The summed E-state index contributed by atoms with van der Waals surface area (Å²) in [7, 11) is -2.56. The van der Waals surface area contributed by atoms with E-state index in [1.165, 1.54) is 17.0 Å². The molecular weight excluding hydrogens is 474 g/mol. The fourth-order valence-electron chi connectivity index (χ4n) is 4.14. The summed E-state index contributed by atoms with van der Waals surface area (Å²) in [6.07, 6.45) is 2.08. The molecule has 1 amide bonds. The highest BCUT2D eigenvalue weighted by Crippen LogP contribution is 2.25. The van der Waals surface area contributed by atoms with Crippen molar-refractivity contribution in [3.05, 3.63) is 36.4 Å². The van der Waals surface area contributed by atoms with E-state index in [2.05, 4.69) is 9.71 Å². The third-order valence-electron chi connectivity index (χ3n) is 5.94. The van der Waals surface area contributed by atoms with Crippen LogP contribution < -0.4 is 20.9 Å². The zero-order valence-corrected chi connectivity index (χ0v) is 20.3. The Morgan fingerprint density at radius 3 is 2.60 bits per heavy atom. The molecule has 2 aromatic carbocycles. The van der Waals surface area contributed by atoms with Crippen LogP contribution in [0.15, 0.2) is 46.3 Å². The number of aliphatic imine (C=N–C) groups is 1. The number of carboxylic acids is 1. The minimum Gasteiger partial charge on any atom is -0.497 e. The lowest BCUT2D eigenvalue weighted by atomic mass is 10.00. The lowest BCUT2D eigenvalue weighted by Crippen LogP contribution is -2.55. The summed E-state index contributed by atoms with van der Waals surface area (Å²) in [4.78, 5) is 30.2. The van der Waals surface area contributed by atoms with Gasteiger partial charge >= 0.3 is 5.97 Å². The summed E-state index contributed by atoms with van der Waals surface area (Å²) in [6.45, 7) is 0.452. The normalized spacial score (nSPS) is 17.1. The van der Waals surface area contributed by atoms with Gasteiger partial charge in [-0.05, 0) is 67.1 Å². The number of carbonyl (C=O) groups excluding carboxylic acids is 1. The van der Waals surface area contributed by atoms with Gasteiger partial charge in [-0.2, -0.15) is 4.72 Å².